The average Bonchev–Trinajstić information content (AvgIpc) is 3.09. The molecule has 8 nitrogen and oxygen atoms in total. The molecule has 0 saturated carbocycles. The first kappa shape index (κ1) is 18.5. The van der Waals surface area contributed by atoms with Gasteiger partial charge in [-0.25, -0.2) is 9.18 Å². The molecule has 1 aliphatic heterocycles. The van der Waals surface area contributed by atoms with Crippen LogP contribution in [0.2, 0.25) is 0 Å². The van der Waals surface area contributed by atoms with Crippen molar-refractivity contribution >= 4 is 45.9 Å². The van der Waals surface area contributed by atoms with Crippen molar-refractivity contribution in [1.29, 1.82) is 0 Å². The summed E-state index contributed by atoms with van der Waals surface area (Å²) in [5, 5.41) is 13.2. The molecule has 0 spiro atoms. The Morgan fingerprint density at radius 3 is 2.65 bits per heavy atom. The van der Waals surface area contributed by atoms with E-state index < -0.39 is 6.03 Å². The molecule has 0 aliphatic carbocycles. The molecule has 2 heterocycles. The first-order valence-electron chi connectivity index (χ1n) is 7.75. The number of morpholine rings is 1. The number of ether oxygens (including phenoxy) is 1. The average molecular weight is 397 g/mol. The molecule has 11 heteroatoms. The Bertz CT molecular complexity index is 765. The summed E-state index contributed by atoms with van der Waals surface area (Å²) in [6.45, 7) is 2.33. The maximum Gasteiger partial charge on any atom is 0.325 e. The molecule has 138 valence electrons. The smallest absolute Gasteiger partial charge is 0.325 e. The lowest BCUT2D eigenvalue weighted by molar-refractivity contribution is -0.132. The highest BCUT2D eigenvalue weighted by Crippen LogP contribution is 2.26. The highest BCUT2D eigenvalue weighted by Gasteiger charge is 2.18. The number of halogens is 1. The van der Waals surface area contributed by atoms with Crippen molar-refractivity contribution in [3.05, 3.63) is 30.1 Å². The summed E-state index contributed by atoms with van der Waals surface area (Å²) in [6.07, 6.45) is 0. The number of nitrogens with one attached hydrogen (secondary N) is 2. The minimum atomic E-state index is -0.506. The van der Waals surface area contributed by atoms with E-state index in [1.54, 1.807) is 4.90 Å². The third kappa shape index (κ3) is 5.38. The molecule has 2 aromatic rings. The molecule has 1 saturated heterocycles. The number of hydrogen-bond donors (Lipinski definition) is 2. The van der Waals surface area contributed by atoms with Crippen LogP contribution in [0.4, 0.5) is 20.0 Å². The lowest BCUT2D eigenvalue weighted by Gasteiger charge is -2.26. The fourth-order valence-corrected chi connectivity index (χ4v) is 3.79. The number of aromatic nitrogens is 2. The highest BCUT2D eigenvalue weighted by atomic mass is 32.2. The van der Waals surface area contributed by atoms with E-state index in [2.05, 4.69) is 20.8 Å². The largest absolute Gasteiger partial charge is 0.378 e. The van der Waals surface area contributed by atoms with Gasteiger partial charge in [0.15, 0.2) is 4.34 Å². The number of thioether (sulfide) groups is 1. The molecule has 2 N–H and O–H groups in total. The molecule has 0 bridgehead atoms. The van der Waals surface area contributed by atoms with Gasteiger partial charge < -0.3 is 15.0 Å². The van der Waals surface area contributed by atoms with Gasteiger partial charge in [0.2, 0.25) is 11.0 Å². The van der Waals surface area contributed by atoms with Crippen LogP contribution in [-0.2, 0) is 9.53 Å². The topological polar surface area (TPSA) is 96.4 Å². The maximum atomic E-state index is 12.8. The minimum Gasteiger partial charge on any atom is -0.378 e. The van der Waals surface area contributed by atoms with Gasteiger partial charge in [-0.2, -0.15) is 0 Å². The van der Waals surface area contributed by atoms with Gasteiger partial charge >= 0.3 is 6.03 Å². The van der Waals surface area contributed by atoms with Crippen molar-refractivity contribution < 1.29 is 18.7 Å². The molecule has 3 amide bonds. The van der Waals surface area contributed by atoms with Crippen LogP contribution in [0.25, 0.3) is 0 Å². The predicted molar refractivity (Wildman–Crippen MR) is 97.1 cm³/mol. The predicted octanol–water partition coefficient (Wildman–Crippen LogP) is 2.27. The van der Waals surface area contributed by atoms with Crippen molar-refractivity contribution in [2.24, 2.45) is 0 Å². The Kier molecular flexibility index (Phi) is 6.36. The molecule has 1 aromatic heterocycles. The summed E-state index contributed by atoms with van der Waals surface area (Å²) in [7, 11) is 0. The second kappa shape index (κ2) is 8.92. The first-order chi connectivity index (χ1) is 12.6. The summed E-state index contributed by atoms with van der Waals surface area (Å²) in [5.74, 6) is -0.0958. The SMILES string of the molecule is O=C(Nc1ccc(F)cc1)Nc1nnc(SCC(=O)N2CCOCC2)s1. The quantitative estimate of drug-likeness (QED) is 0.594. The Morgan fingerprint density at radius 2 is 1.92 bits per heavy atom. The Balaban J connectivity index is 1.45. The fourth-order valence-electron chi connectivity index (χ4n) is 2.14. The van der Waals surface area contributed by atoms with Crippen LogP contribution in [0, 0.1) is 5.82 Å². The monoisotopic (exact) mass is 397 g/mol. The maximum absolute atomic E-state index is 12.8. The third-order valence-corrected chi connectivity index (χ3v) is 5.37. The lowest BCUT2D eigenvalue weighted by atomic mass is 10.3. The van der Waals surface area contributed by atoms with Gasteiger partial charge in [0, 0.05) is 18.8 Å². The second-order valence-corrected chi connectivity index (χ2v) is 7.44. The number of carbonyl (C=O) groups is 2. The molecule has 26 heavy (non-hydrogen) atoms. The van der Waals surface area contributed by atoms with Crippen LogP contribution >= 0.6 is 23.1 Å². The Morgan fingerprint density at radius 1 is 1.19 bits per heavy atom. The Labute approximate surface area is 157 Å². The number of rotatable bonds is 5. The van der Waals surface area contributed by atoms with Gasteiger partial charge in [0.05, 0.1) is 19.0 Å². The second-order valence-electron chi connectivity index (χ2n) is 5.24. The summed E-state index contributed by atoms with van der Waals surface area (Å²) in [4.78, 5) is 25.7. The lowest BCUT2D eigenvalue weighted by Crippen LogP contribution is -2.41. The van der Waals surface area contributed by atoms with E-state index in [-0.39, 0.29) is 17.5 Å². The molecule has 1 aliphatic rings. The third-order valence-electron chi connectivity index (χ3n) is 3.41. The number of carbonyl (C=O) groups excluding carboxylic acids is 2. The zero-order chi connectivity index (χ0) is 18.4. The van der Waals surface area contributed by atoms with Crippen molar-refractivity contribution in [3.63, 3.8) is 0 Å². The number of amides is 3. The molecule has 1 aromatic carbocycles. The summed E-state index contributed by atoms with van der Waals surface area (Å²) < 4.78 is 18.6. The number of benzene rings is 1. The summed E-state index contributed by atoms with van der Waals surface area (Å²) in [5.41, 5.74) is 0.458. The first-order valence-corrected chi connectivity index (χ1v) is 9.56. The number of nitrogens with zero attached hydrogens (tertiary/aromatic N) is 3. The van der Waals surface area contributed by atoms with E-state index in [1.165, 1.54) is 47.4 Å². The van der Waals surface area contributed by atoms with E-state index in [4.69, 9.17) is 4.74 Å². The van der Waals surface area contributed by atoms with Gasteiger partial charge in [0.25, 0.3) is 0 Å². The van der Waals surface area contributed by atoms with Crippen molar-refractivity contribution in [1.82, 2.24) is 15.1 Å². The van der Waals surface area contributed by atoms with Gasteiger partial charge in [-0.15, -0.1) is 10.2 Å². The molecule has 1 fully saturated rings. The van der Waals surface area contributed by atoms with Gasteiger partial charge in [0.1, 0.15) is 5.82 Å². The van der Waals surface area contributed by atoms with E-state index >= 15 is 0 Å². The van der Waals surface area contributed by atoms with Crippen molar-refractivity contribution in [2.75, 3.05) is 42.7 Å². The molecule has 0 unspecified atom stereocenters. The normalized spacial score (nSPS) is 14.1. The van der Waals surface area contributed by atoms with Crippen molar-refractivity contribution in [2.45, 2.75) is 4.34 Å². The van der Waals surface area contributed by atoms with Crippen molar-refractivity contribution in [3.8, 4) is 0 Å². The van der Waals surface area contributed by atoms with Crippen LogP contribution < -0.4 is 10.6 Å². The Hall–Kier alpha value is -2.24. The number of urea groups is 1. The van der Waals surface area contributed by atoms with Gasteiger partial charge in [-0.1, -0.05) is 23.1 Å². The summed E-state index contributed by atoms with van der Waals surface area (Å²) >= 11 is 2.45. The van der Waals surface area contributed by atoms with Gasteiger partial charge in [-0.05, 0) is 24.3 Å². The zero-order valence-corrected chi connectivity index (χ0v) is 15.2. The zero-order valence-electron chi connectivity index (χ0n) is 13.6. The van der Waals surface area contributed by atoms with Crippen LogP contribution in [0.1, 0.15) is 0 Å². The van der Waals surface area contributed by atoms with E-state index in [9.17, 15) is 14.0 Å². The van der Waals surface area contributed by atoms with E-state index in [0.717, 1.165) is 0 Å². The minimum absolute atomic E-state index is 0.0251. The van der Waals surface area contributed by atoms with Gasteiger partial charge in [-0.3, -0.25) is 10.1 Å². The molecule has 3 rings (SSSR count). The molecule has 0 radical (unpaired) electrons. The fraction of sp³-hybridized carbons (Fsp3) is 0.333. The molecular formula is C15H16FN5O3S2. The number of hydrogen-bond acceptors (Lipinski definition) is 7. The van der Waals surface area contributed by atoms with Crippen LogP contribution in [0.15, 0.2) is 28.6 Å². The molecular weight excluding hydrogens is 381 g/mol. The van der Waals surface area contributed by atoms with E-state index in [1.807, 2.05) is 0 Å². The molecule has 0 atom stereocenters. The summed E-state index contributed by atoms with van der Waals surface area (Å²) in [6, 6.07) is 4.90. The van der Waals surface area contributed by atoms with Crippen LogP contribution in [-0.4, -0.2) is 59.1 Å². The number of anilines is 2. The highest BCUT2D eigenvalue weighted by molar-refractivity contribution is 8.01. The van der Waals surface area contributed by atoms with Crippen LogP contribution in [0.3, 0.4) is 0 Å². The van der Waals surface area contributed by atoms with Crippen LogP contribution in [0.5, 0.6) is 0 Å². The van der Waals surface area contributed by atoms with E-state index in [0.29, 0.717) is 41.5 Å². The standard InChI is InChI=1S/C15H16FN5O3S2/c16-10-1-3-11(4-2-10)17-13(23)18-14-19-20-15(26-14)25-9-12(22)21-5-7-24-8-6-21/h1-4H,5-9H2,(H2,17,18,19,23).